The average Bonchev–Trinajstić information content (AvgIpc) is 3.63. The van der Waals surface area contributed by atoms with Crippen molar-refractivity contribution in [1.29, 1.82) is 5.26 Å². The molecular formula is C28H23F2N7OS. The third kappa shape index (κ3) is 5.51. The first-order valence-electron chi connectivity index (χ1n) is 12.0. The van der Waals surface area contributed by atoms with E-state index in [0.717, 1.165) is 5.69 Å². The number of nitriles is 1. The van der Waals surface area contributed by atoms with Gasteiger partial charge in [-0.3, -0.25) is 4.57 Å². The number of aromatic nitrogens is 6. The second-order valence-electron chi connectivity index (χ2n) is 9.08. The first-order chi connectivity index (χ1) is 18.9. The predicted octanol–water partition coefficient (Wildman–Crippen LogP) is 5.49. The molecule has 0 bridgehead atoms. The molecule has 3 aromatic carbocycles. The Bertz CT molecular complexity index is 1610. The molecule has 5 rings (SSSR count). The molecule has 39 heavy (non-hydrogen) atoms. The molecular weight excluding hydrogens is 520 g/mol. The van der Waals surface area contributed by atoms with Gasteiger partial charge in [0.05, 0.1) is 23.3 Å². The summed E-state index contributed by atoms with van der Waals surface area (Å²) in [5.74, 6) is 0.908. The Morgan fingerprint density at radius 3 is 2.41 bits per heavy atom. The topological polar surface area (TPSA) is 94.4 Å². The summed E-state index contributed by atoms with van der Waals surface area (Å²) in [5, 5.41) is 22.9. The van der Waals surface area contributed by atoms with Crippen molar-refractivity contribution < 1.29 is 13.5 Å². The van der Waals surface area contributed by atoms with Gasteiger partial charge < -0.3 is 4.74 Å². The monoisotopic (exact) mass is 543 g/mol. The maximum absolute atomic E-state index is 14.0. The van der Waals surface area contributed by atoms with Crippen molar-refractivity contribution >= 4 is 11.8 Å². The van der Waals surface area contributed by atoms with E-state index in [1.807, 2.05) is 48.7 Å². The molecule has 0 aliphatic rings. The second-order valence-corrected chi connectivity index (χ2v) is 10.1. The number of nitrogens with zero attached hydrogens (tertiary/aromatic N) is 7. The van der Waals surface area contributed by atoms with Gasteiger partial charge in [0.2, 0.25) is 0 Å². The van der Waals surface area contributed by atoms with Gasteiger partial charge in [0.1, 0.15) is 41.9 Å². The number of halogens is 2. The fraction of sp³-hybridized carbons (Fsp3) is 0.179. The number of rotatable bonds is 9. The van der Waals surface area contributed by atoms with E-state index in [1.165, 1.54) is 42.4 Å². The van der Waals surface area contributed by atoms with E-state index >= 15 is 0 Å². The van der Waals surface area contributed by atoms with Gasteiger partial charge in [-0.05, 0) is 80.1 Å². The Kier molecular flexibility index (Phi) is 7.38. The normalized spacial score (nSPS) is 11.4. The van der Waals surface area contributed by atoms with E-state index in [0.29, 0.717) is 40.3 Å². The van der Waals surface area contributed by atoms with E-state index in [9.17, 15) is 14.0 Å². The van der Waals surface area contributed by atoms with E-state index in [1.54, 1.807) is 29.2 Å². The zero-order valence-electron chi connectivity index (χ0n) is 21.1. The third-order valence-corrected chi connectivity index (χ3v) is 7.08. The molecule has 0 saturated carbocycles. The van der Waals surface area contributed by atoms with Crippen LogP contribution in [0.3, 0.4) is 0 Å². The van der Waals surface area contributed by atoms with Crippen LogP contribution in [0.25, 0.3) is 11.4 Å². The van der Waals surface area contributed by atoms with Gasteiger partial charge in [-0.1, -0.05) is 17.8 Å². The van der Waals surface area contributed by atoms with Crippen LogP contribution in [0.5, 0.6) is 5.75 Å². The van der Waals surface area contributed by atoms with Crippen LogP contribution in [-0.2, 0) is 5.41 Å². The molecule has 0 saturated heterocycles. The van der Waals surface area contributed by atoms with Crippen LogP contribution in [0.4, 0.5) is 8.78 Å². The fourth-order valence-corrected chi connectivity index (χ4v) is 4.82. The van der Waals surface area contributed by atoms with Gasteiger partial charge in [-0.2, -0.15) is 10.4 Å². The lowest BCUT2D eigenvalue weighted by atomic mass is 9.83. The molecule has 0 fully saturated rings. The molecule has 0 aliphatic heterocycles. The van der Waals surface area contributed by atoms with Crippen LogP contribution in [-0.4, -0.2) is 41.9 Å². The molecule has 0 N–H and O–H groups in total. The summed E-state index contributed by atoms with van der Waals surface area (Å²) in [5.41, 5.74) is 1.46. The zero-order valence-corrected chi connectivity index (χ0v) is 21.9. The standard InChI is InChI=1S/C28H23F2N7OS/c1-28(2,20-3-12-25(30)19(15-20)16-31)26-34-35-27(37(26)23-6-4-21(29)5-7-23)39-14-13-38-24-10-8-22(9-11-24)36-18-32-17-33-36/h3-12,15,17-18H,13-14H2,1-2H3. The van der Waals surface area contributed by atoms with Gasteiger partial charge in [-0.15, -0.1) is 10.2 Å². The van der Waals surface area contributed by atoms with Crippen LogP contribution >= 0.6 is 11.8 Å². The average molecular weight is 544 g/mol. The van der Waals surface area contributed by atoms with E-state index < -0.39 is 11.2 Å². The zero-order chi connectivity index (χ0) is 27.4. The summed E-state index contributed by atoms with van der Waals surface area (Å²) in [6, 6.07) is 19.9. The Morgan fingerprint density at radius 2 is 1.72 bits per heavy atom. The van der Waals surface area contributed by atoms with Crippen molar-refractivity contribution in [1.82, 2.24) is 29.5 Å². The van der Waals surface area contributed by atoms with Crippen LogP contribution in [0.15, 0.2) is 84.5 Å². The molecule has 8 nitrogen and oxygen atoms in total. The van der Waals surface area contributed by atoms with Crippen molar-refractivity contribution in [2.24, 2.45) is 0 Å². The van der Waals surface area contributed by atoms with Crippen LogP contribution in [0, 0.1) is 23.0 Å². The van der Waals surface area contributed by atoms with Crippen molar-refractivity contribution in [2.45, 2.75) is 24.4 Å². The summed E-state index contributed by atoms with van der Waals surface area (Å²) in [4.78, 5) is 3.95. The molecule has 5 aromatic rings. The Labute approximate surface area is 227 Å². The highest BCUT2D eigenvalue weighted by atomic mass is 32.2. The van der Waals surface area contributed by atoms with Gasteiger partial charge in [0.15, 0.2) is 5.16 Å². The highest BCUT2D eigenvalue weighted by Gasteiger charge is 2.32. The molecule has 0 radical (unpaired) electrons. The molecule has 0 amide bonds. The van der Waals surface area contributed by atoms with Gasteiger partial charge in [-0.25, -0.2) is 18.4 Å². The maximum Gasteiger partial charge on any atom is 0.195 e. The number of hydrogen-bond donors (Lipinski definition) is 0. The van der Waals surface area contributed by atoms with Crippen molar-refractivity contribution in [3.63, 3.8) is 0 Å². The first kappa shape index (κ1) is 26.1. The van der Waals surface area contributed by atoms with Crippen molar-refractivity contribution in [3.05, 3.63) is 108 Å². The lowest BCUT2D eigenvalue weighted by Gasteiger charge is -2.26. The van der Waals surface area contributed by atoms with E-state index in [4.69, 9.17) is 4.74 Å². The molecule has 0 spiro atoms. The molecule has 196 valence electrons. The molecule has 2 aromatic heterocycles. The number of hydrogen-bond acceptors (Lipinski definition) is 7. The number of benzene rings is 3. The van der Waals surface area contributed by atoms with E-state index in [2.05, 4.69) is 20.3 Å². The highest BCUT2D eigenvalue weighted by Crippen LogP contribution is 2.35. The summed E-state index contributed by atoms with van der Waals surface area (Å²) in [7, 11) is 0. The van der Waals surface area contributed by atoms with Crippen LogP contribution < -0.4 is 4.74 Å². The molecule has 0 atom stereocenters. The Balaban J connectivity index is 1.36. The minimum Gasteiger partial charge on any atom is -0.493 e. The highest BCUT2D eigenvalue weighted by molar-refractivity contribution is 7.99. The van der Waals surface area contributed by atoms with Crippen LogP contribution in [0.1, 0.15) is 30.8 Å². The number of ether oxygens (including phenoxy) is 1. The Morgan fingerprint density at radius 1 is 0.974 bits per heavy atom. The smallest absolute Gasteiger partial charge is 0.195 e. The van der Waals surface area contributed by atoms with Crippen LogP contribution in [0.2, 0.25) is 0 Å². The first-order valence-corrected chi connectivity index (χ1v) is 13.0. The molecule has 0 unspecified atom stereocenters. The molecule has 0 aliphatic carbocycles. The predicted molar refractivity (Wildman–Crippen MR) is 142 cm³/mol. The maximum atomic E-state index is 14.0. The second kappa shape index (κ2) is 11.0. The van der Waals surface area contributed by atoms with Gasteiger partial charge >= 0.3 is 0 Å². The fourth-order valence-electron chi connectivity index (χ4n) is 4.05. The van der Waals surface area contributed by atoms with Gasteiger partial charge in [0, 0.05) is 11.4 Å². The molecule has 11 heteroatoms. The quantitative estimate of drug-likeness (QED) is 0.179. The minimum atomic E-state index is -0.748. The minimum absolute atomic E-state index is 0.0468. The largest absolute Gasteiger partial charge is 0.493 e. The van der Waals surface area contributed by atoms with Crippen molar-refractivity contribution in [3.8, 4) is 23.2 Å². The lowest BCUT2D eigenvalue weighted by molar-refractivity contribution is 0.344. The molecule has 2 heterocycles. The summed E-state index contributed by atoms with van der Waals surface area (Å²) in [6.45, 7) is 4.25. The van der Waals surface area contributed by atoms with E-state index in [-0.39, 0.29) is 11.4 Å². The Hall–Kier alpha value is -4.56. The number of thioether (sulfide) groups is 1. The van der Waals surface area contributed by atoms with Crippen molar-refractivity contribution in [2.75, 3.05) is 12.4 Å². The van der Waals surface area contributed by atoms with Gasteiger partial charge in [0.25, 0.3) is 0 Å². The summed E-state index contributed by atoms with van der Waals surface area (Å²) >= 11 is 1.44. The summed E-state index contributed by atoms with van der Waals surface area (Å²) < 4.78 is 37.2. The summed E-state index contributed by atoms with van der Waals surface area (Å²) in [6.07, 6.45) is 3.10. The third-order valence-electron chi connectivity index (χ3n) is 6.19. The lowest BCUT2D eigenvalue weighted by Crippen LogP contribution is -2.24. The SMILES string of the molecule is CC(C)(c1ccc(F)c(C#N)c1)c1nnc(SCCOc2ccc(-n3cncn3)cc2)n1-c1ccc(F)cc1.